The lowest BCUT2D eigenvalue weighted by atomic mass is 10.1. The zero-order chi connectivity index (χ0) is 24.6. The summed E-state index contributed by atoms with van der Waals surface area (Å²) in [6, 6.07) is 17.9. The van der Waals surface area contributed by atoms with Gasteiger partial charge in [-0.25, -0.2) is 9.78 Å². The van der Waals surface area contributed by atoms with Crippen molar-refractivity contribution in [3.8, 4) is 5.75 Å². The smallest absolute Gasteiger partial charge is 0.319 e. The number of ether oxygens (including phenoxy) is 1. The summed E-state index contributed by atoms with van der Waals surface area (Å²) in [6.45, 7) is 3.95. The van der Waals surface area contributed by atoms with Gasteiger partial charge in [0.1, 0.15) is 18.2 Å². The number of hydrogen-bond acceptors (Lipinski definition) is 6. The van der Waals surface area contributed by atoms with Crippen molar-refractivity contribution in [2.75, 3.05) is 44.3 Å². The molecule has 3 amide bonds. The topological polar surface area (TPSA) is 113 Å². The van der Waals surface area contributed by atoms with E-state index in [1.165, 1.54) is 0 Å². The van der Waals surface area contributed by atoms with Crippen molar-refractivity contribution >= 4 is 23.4 Å². The zero-order valence-electron chi connectivity index (χ0n) is 19.7. The van der Waals surface area contributed by atoms with Crippen LogP contribution in [0.1, 0.15) is 21.5 Å². The predicted octanol–water partition coefficient (Wildman–Crippen LogP) is 2.95. The molecule has 0 unspecified atom stereocenters. The van der Waals surface area contributed by atoms with E-state index in [0.717, 1.165) is 37.3 Å². The molecule has 4 rings (SSSR count). The molecule has 182 valence electrons. The highest BCUT2D eigenvalue weighted by atomic mass is 16.5. The third kappa shape index (κ3) is 6.94. The number of benzene rings is 2. The highest BCUT2D eigenvalue weighted by Crippen LogP contribution is 2.18. The number of piperazine rings is 1. The number of anilines is 2. The van der Waals surface area contributed by atoms with E-state index in [2.05, 4.69) is 27.6 Å². The molecule has 0 saturated carbocycles. The number of carbonyl (C=O) groups excluding carboxylic acids is 2. The number of urea groups is 1. The average molecular weight is 475 g/mol. The van der Waals surface area contributed by atoms with Gasteiger partial charge in [0.05, 0.1) is 0 Å². The molecule has 3 aromatic rings. The Bertz CT molecular complexity index is 1140. The van der Waals surface area contributed by atoms with Gasteiger partial charge in [-0.05, 0) is 60.6 Å². The molecule has 1 saturated heterocycles. The second-order valence-electron chi connectivity index (χ2n) is 8.51. The molecule has 4 N–H and O–H groups in total. The van der Waals surface area contributed by atoms with E-state index in [9.17, 15) is 9.59 Å². The van der Waals surface area contributed by atoms with E-state index in [1.54, 1.807) is 36.5 Å². The maximum absolute atomic E-state index is 12.8. The first kappa shape index (κ1) is 24.0. The Morgan fingerprint density at radius 2 is 1.77 bits per heavy atom. The molecular weight excluding hydrogens is 444 g/mol. The number of nitrogens with two attached hydrogens (primary N) is 1. The van der Waals surface area contributed by atoms with Crippen LogP contribution in [0.15, 0.2) is 66.9 Å². The largest absolute Gasteiger partial charge is 0.489 e. The number of nitrogens with zero attached hydrogens (tertiary/aromatic N) is 3. The van der Waals surface area contributed by atoms with Gasteiger partial charge in [-0.2, -0.15) is 0 Å². The van der Waals surface area contributed by atoms with Crippen molar-refractivity contribution < 1.29 is 14.3 Å². The van der Waals surface area contributed by atoms with Crippen molar-refractivity contribution in [2.24, 2.45) is 0 Å². The summed E-state index contributed by atoms with van der Waals surface area (Å²) >= 11 is 0. The van der Waals surface area contributed by atoms with Crippen molar-refractivity contribution in [3.63, 3.8) is 0 Å². The highest BCUT2D eigenvalue weighted by molar-refractivity contribution is 5.94. The second-order valence-corrected chi connectivity index (χ2v) is 8.51. The maximum atomic E-state index is 12.8. The summed E-state index contributed by atoms with van der Waals surface area (Å²) in [5.74, 6) is 1.16. The van der Waals surface area contributed by atoms with Crippen LogP contribution in [0.3, 0.4) is 0 Å². The fourth-order valence-electron chi connectivity index (χ4n) is 3.69. The van der Waals surface area contributed by atoms with Gasteiger partial charge in [-0.15, -0.1) is 0 Å². The molecule has 2 aromatic carbocycles. The number of rotatable bonds is 7. The molecule has 0 aliphatic carbocycles. The Labute approximate surface area is 204 Å². The minimum absolute atomic E-state index is 0.0568. The van der Waals surface area contributed by atoms with Crippen LogP contribution >= 0.6 is 0 Å². The van der Waals surface area contributed by atoms with Crippen LogP contribution in [-0.4, -0.2) is 59.9 Å². The summed E-state index contributed by atoms with van der Waals surface area (Å²) in [5, 5.41) is 5.56. The fourth-order valence-corrected chi connectivity index (χ4v) is 3.69. The van der Waals surface area contributed by atoms with Gasteiger partial charge in [0.25, 0.3) is 5.91 Å². The Kier molecular flexibility index (Phi) is 7.79. The molecule has 0 bridgehead atoms. The van der Waals surface area contributed by atoms with Crippen LogP contribution < -0.4 is 21.1 Å². The molecule has 9 heteroatoms. The van der Waals surface area contributed by atoms with Gasteiger partial charge in [-0.1, -0.05) is 18.2 Å². The van der Waals surface area contributed by atoms with Crippen molar-refractivity contribution in [1.29, 1.82) is 0 Å². The monoisotopic (exact) mass is 474 g/mol. The van der Waals surface area contributed by atoms with Crippen LogP contribution in [0.2, 0.25) is 0 Å². The van der Waals surface area contributed by atoms with Gasteiger partial charge in [0.2, 0.25) is 0 Å². The van der Waals surface area contributed by atoms with Crippen LogP contribution in [0.25, 0.3) is 0 Å². The molecule has 1 aliphatic rings. The Morgan fingerprint density at radius 1 is 1.00 bits per heavy atom. The van der Waals surface area contributed by atoms with Crippen molar-refractivity contribution in [2.45, 2.75) is 13.2 Å². The zero-order valence-corrected chi connectivity index (χ0v) is 19.7. The number of aromatic nitrogens is 1. The Morgan fingerprint density at radius 3 is 2.49 bits per heavy atom. The first-order valence-electron chi connectivity index (χ1n) is 11.5. The van der Waals surface area contributed by atoms with Crippen LogP contribution in [0, 0.1) is 0 Å². The maximum Gasteiger partial charge on any atom is 0.319 e. The van der Waals surface area contributed by atoms with E-state index in [0.29, 0.717) is 36.0 Å². The number of hydrogen-bond donors (Lipinski definition) is 3. The quantitative estimate of drug-likeness (QED) is 0.485. The second kappa shape index (κ2) is 11.3. The number of carbonyl (C=O) groups is 2. The van der Waals surface area contributed by atoms with Crippen molar-refractivity contribution in [1.82, 2.24) is 20.1 Å². The number of nitrogen functional groups attached to an aromatic ring is 1. The number of likely N-dealkylation sites (N-methyl/N-ethyl adjacent to an activating group) is 1. The van der Waals surface area contributed by atoms with E-state index in [-0.39, 0.29) is 11.9 Å². The summed E-state index contributed by atoms with van der Waals surface area (Å²) in [4.78, 5) is 33.1. The minimum atomic E-state index is -0.322. The average Bonchev–Trinajstić information content (AvgIpc) is 2.88. The first-order valence-corrected chi connectivity index (χ1v) is 11.5. The van der Waals surface area contributed by atoms with Crippen LogP contribution in [-0.2, 0) is 13.2 Å². The molecular formula is C26H30N6O3. The van der Waals surface area contributed by atoms with E-state index in [1.807, 2.05) is 35.2 Å². The molecule has 9 nitrogen and oxygen atoms in total. The van der Waals surface area contributed by atoms with Gasteiger partial charge >= 0.3 is 6.03 Å². The lowest BCUT2D eigenvalue weighted by molar-refractivity contribution is 0.0664. The molecule has 35 heavy (non-hydrogen) atoms. The Hall–Kier alpha value is -4.11. The molecule has 1 aromatic heterocycles. The summed E-state index contributed by atoms with van der Waals surface area (Å²) in [7, 11) is 2.07. The molecule has 0 radical (unpaired) electrons. The highest BCUT2D eigenvalue weighted by Gasteiger charge is 2.20. The Balaban J connectivity index is 1.25. The lowest BCUT2D eigenvalue weighted by Gasteiger charge is -2.32. The number of nitrogens with one attached hydrogen (secondary N) is 2. The molecule has 0 atom stereocenters. The third-order valence-corrected chi connectivity index (χ3v) is 5.78. The predicted molar refractivity (Wildman–Crippen MR) is 135 cm³/mol. The number of amides is 3. The number of pyridine rings is 1. The third-order valence-electron chi connectivity index (χ3n) is 5.78. The molecule has 0 spiro atoms. The first-order chi connectivity index (χ1) is 17.0. The van der Waals surface area contributed by atoms with Gasteiger partial charge in [0.15, 0.2) is 0 Å². The molecule has 1 aliphatic heterocycles. The summed E-state index contributed by atoms with van der Waals surface area (Å²) < 4.78 is 5.88. The standard InChI is InChI=1S/C26H30N6O3/c1-31-11-13-32(14-12-31)25(33)21-4-2-3-19(15-21)18-35-23-8-6-22(7-9-23)30-26(34)29-17-20-5-10-24(27)28-16-20/h2-10,15-16H,11-14,17-18H2,1H3,(H2,27,28)(H2,29,30,34). The van der Waals surface area contributed by atoms with Gasteiger partial charge < -0.3 is 30.9 Å². The summed E-state index contributed by atoms with van der Waals surface area (Å²) in [6.07, 6.45) is 1.62. The SMILES string of the molecule is CN1CCN(C(=O)c2cccc(COc3ccc(NC(=O)NCc4ccc(N)nc4)cc3)c2)CC1. The van der Waals surface area contributed by atoms with Gasteiger partial charge in [0, 0.05) is 50.2 Å². The van der Waals surface area contributed by atoms with Crippen molar-refractivity contribution in [3.05, 3.63) is 83.6 Å². The van der Waals surface area contributed by atoms with E-state index < -0.39 is 0 Å². The molecule has 2 heterocycles. The van der Waals surface area contributed by atoms with Crippen LogP contribution in [0.4, 0.5) is 16.3 Å². The minimum Gasteiger partial charge on any atom is -0.489 e. The van der Waals surface area contributed by atoms with E-state index >= 15 is 0 Å². The van der Waals surface area contributed by atoms with Crippen LogP contribution in [0.5, 0.6) is 5.75 Å². The fraction of sp³-hybridized carbons (Fsp3) is 0.269. The van der Waals surface area contributed by atoms with E-state index in [4.69, 9.17) is 10.5 Å². The van der Waals surface area contributed by atoms with Gasteiger partial charge in [-0.3, -0.25) is 4.79 Å². The summed E-state index contributed by atoms with van der Waals surface area (Å²) in [5.41, 5.74) is 8.66. The normalized spacial score (nSPS) is 13.8. The lowest BCUT2D eigenvalue weighted by Crippen LogP contribution is -2.47. The molecule has 1 fully saturated rings.